The van der Waals surface area contributed by atoms with Gasteiger partial charge in [0.25, 0.3) is 0 Å². The molecule has 0 aliphatic heterocycles. The largest absolute Gasteiger partial charge is 0.462 e. The SMILES string of the molecule is C=CCN(C(=O)[C@@H](C)Sc1ncc(C(=O)OCC)c(N)n1)c1ccccc1. The number of para-hydroxylation sites is 1. The fraction of sp³-hybridized carbons (Fsp3) is 0.263. The van der Waals surface area contributed by atoms with E-state index in [2.05, 4.69) is 16.5 Å². The predicted molar refractivity (Wildman–Crippen MR) is 107 cm³/mol. The van der Waals surface area contributed by atoms with Crippen LogP contribution in [0.25, 0.3) is 0 Å². The zero-order valence-corrected chi connectivity index (χ0v) is 16.1. The summed E-state index contributed by atoms with van der Waals surface area (Å²) in [5, 5.41) is -0.147. The summed E-state index contributed by atoms with van der Waals surface area (Å²) in [5.74, 6) is -0.656. The maximum atomic E-state index is 12.9. The van der Waals surface area contributed by atoms with Gasteiger partial charge in [0.2, 0.25) is 5.91 Å². The molecule has 2 rings (SSSR count). The molecule has 2 aromatic rings. The molecule has 0 unspecified atom stereocenters. The monoisotopic (exact) mass is 386 g/mol. The lowest BCUT2D eigenvalue weighted by molar-refractivity contribution is -0.117. The third-order valence-electron chi connectivity index (χ3n) is 3.57. The normalized spacial score (nSPS) is 11.5. The van der Waals surface area contributed by atoms with Crippen molar-refractivity contribution in [2.75, 3.05) is 23.8 Å². The van der Waals surface area contributed by atoms with E-state index in [1.807, 2.05) is 30.3 Å². The number of benzene rings is 1. The minimum atomic E-state index is -0.572. The van der Waals surface area contributed by atoms with Crippen LogP contribution in [0.15, 0.2) is 54.3 Å². The molecule has 0 aliphatic rings. The van der Waals surface area contributed by atoms with E-state index >= 15 is 0 Å². The van der Waals surface area contributed by atoms with E-state index in [0.29, 0.717) is 11.7 Å². The molecule has 1 aromatic carbocycles. The zero-order chi connectivity index (χ0) is 19.8. The molecule has 1 heterocycles. The number of ether oxygens (including phenoxy) is 1. The van der Waals surface area contributed by atoms with Crippen molar-refractivity contribution >= 4 is 35.1 Å². The molecule has 7 nitrogen and oxygen atoms in total. The van der Waals surface area contributed by atoms with Crippen LogP contribution in [0.5, 0.6) is 0 Å². The molecule has 0 bridgehead atoms. The van der Waals surface area contributed by atoms with E-state index in [1.165, 1.54) is 18.0 Å². The molecule has 0 saturated carbocycles. The van der Waals surface area contributed by atoms with Gasteiger partial charge in [0.05, 0.1) is 11.9 Å². The number of hydrogen-bond acceptors (Lipinski definition) is 7. The lowest BCUT2D eigenvalue weighted by atomic mass is 10.2. The van der Waals surface area contributed by atoms with Crippen molar-refractivity contribution in [2.24, 2.45) is 0 Å². The Kier molecular flexibility index (Phi) is 7.36. The molecular formula is C19H22N4O3S. The van der Waals surface area contributed by atoms with Crippen LogP contribution in [-0.2, 0) is 9.53 Å². The minimum absolute atomic E-state index is 0.0246. The number of esters is 1. The molecule has 0 fully saturated rings. The van der Waals surface area contributed by atoms with Crippen molar-refractivity contribution in [1.29, 1.82) is 0 Å². The molecule has 2 N–H and O–H groups in total. The van der Waals surface area contributed by atoms with Crippen molar-refractivity contribution < 1.29 is 14.3 Å². The van der Waals surface area contributed by atoms with E-state index in [9.17, 15) is 9.59 Å². The Bertz CT molecular complexity index is 814. The number of carbonyl (C=O) groups excluding carboxylic acids is 2. The van der Waals surface area contributed by atoms with Crippen LogP contribution < -0.4 is 10.6 Å². The minimum Gasteiger partial charge on any atom is -0.462 e. The van der Waals surface area contributed by atoms with Gasteiger partial charge >= 0.3 is 5.97 Å². The number of carbonyl (C=O) groups is 2. The van der Waals surface area contributed by atoms with Crippen LogP contribution in [0, 0.1) is 0 Å². The Hall–Kier alpha value is -2.87. The highest BCUT2D eigenvalue weighted by molar-refractivity contribution is 8.00. The number of rotatable bonds is 8. The van der Waals surface area contributed by atoms with Gasteiger partial charge in [-0.25, -0.2) is 14.8 Å². The van der Waals surface area contributed by atoms with Gasteiger partial charge in [-0.1, -0.05) is 36.0 Å². The summed E-state index contributed by atoms with van der Waals surface area (Å²) in [6.45, 7) is 7.81. The van der Waals surface area contributed by atoms with E-state index in [0.717, 1.165) is 5.69 Å². The van der Waals surface area contributed by atoms with Gasteiger partial charge in [0.1, 0.15) is 11.4 Å². The van der Waals surface area contributed by atoms with Crippen molar-refractivity contribution in [2.45, 2.75) is 24.3 Å². The van der Waals surface area contributed by atoms with E-state index < -0.39 is 11.2 Å². The lowest BCUT2D eigenvalue weighted by Crippen LogP contribution is -2.36. The van der Waals surface area contributed by atoms with E-state index in [4.69, 9.17) is 10.5 Å². The molecule has 1 aromatic heterocycles. The number of hydrogen-bond donors (Lipinski definition) is 1. The van der Waals surface area contributed by atoms with E-state index in [1.54, 1.807) is 24.8 Å². The van der Waals surface area contributed by atoms with Crippen LogP contribution in [-0.4, -0.2) is 40.2 Å². The number of thioether (sulfide) groups is 1. The number of nitrogens with two attached hydrogens (primary N) is 1. The summed E-state index contributed by atoms with van der Waals surface area (Å²) in [5.41, 5.74) is 6.72. The third kappa shape index (κ3) is 5.30. The zero-order valence-electron chi connectivity index (χ0n) is 15.3. The fourth-order valence-corrected chi connectivity index (χ4v) is 3.10. The van der Waals surface area contributed by atoms with Gasteiger partial charge < -0.3 is 15.4 Å². The fourth-order valence-electron chi connectivity index (χ4n) is 2.29. The van der Waals surface area contributed by atoms with Crippen molar-refractivity contribution in [1.82, 2.24) is 9.97 Å². The van der Waals surface area contributed by atoms with Gasteiger partial charge in [-0.05, 0) is 26.0 Å². The quantitative estimate of drug-likeness (QED) is 0.322. The number of nitrogens with zero attached hydrogens (tertiary/aromatic N) is 3. The third-order valence-corrected chi connectivity index (χ3v) is 4.53. The second-order valence-corrected chi connectivity index (χ2v) is 6.81. The first kappa shape index (κ1) is 20.4. The Balaban J connectivity index is 2.14. The van der Waals surface area contributed by atoms with Crippen LogP contribution >= 0.6 is 11.8 Å². The molecule has 0 spiro atoms. The lowest BCUT2D eigenvalue weighted by Gasteiger charge is -2.24. The number of amides is 1. The van der Waals surface area contributed by atoms with Crippen LogP contribution in [0.4, 0.5) is 11.5 Å². The average Bonchev–Trinajstić information content (AvgIpc) is 2.66. The second kappa shape index (κ2) is 9.72. The summed E-state index contributed by atoms with van der Waals surface area (Å²) in [7, 11) is 0. The van der Waals surface area contributed by atoms with Crippen molar-refractivity contribution in [3.8, 4) is 0 Å². The van der Waals surface area contributed by atoms with Crippen molar-refractivity contribution in [3.05, 3.63) is 54.7 Å². The first-order valence-electron chi connectivity index (χ1n) is 8.41. The van der Waals surface area contributed by atoms with Gasteiger partial charge in [-0.3, -0.25) is 4.79 Å². The Morgan fingerprint density at radius 3 is 2.67 bits per heavy atom. The molecule has 0 radical (unpaired) electrons. The first-order valence-corrected chi connectivity index (χ1v) is 9.29. The average molecular weight is 386 g/mol. The number of nitrogen functional groups attached to an aromatic ring is 1. The number of anilines is 2. The Morgan fingerprint density at radius 2 is 2.07 bits per heavy atom. The molecule has 1 atom stereocenters. The standard InChI is InChI=1S/C19H22N4O3S/c1-4-11-23(14-9-7-6-8-10-14)17(24)13(3)27-19-21-12-15(16(20)22-19)18(25)26-5-2/h4,6-10,12-13H,1,5,11H2,2-3H3,(H2,20,21,22)/t13-/m1/s1. The van der Waals surface area contributed by atoms with E-state index in [-0.39, 0.29) is 23.9 Å². The molecule has 8 heteroatoms. The topological polar surface area (TPSA) is 98.4 Å². The van der Waals surface area contributed by atoms with Gasteiger partial charge in [-0.2, -0.15) is 0 Å². The Labute approximate surface area is 162 Å². The molecule has 142 valence electrons. The maximum absolute atomic E-state index is 12.9. The highest BCUT2D eigenvalue weighted by atomic mass is 32.2. The van der Waals surface area contributed by atoms with Gasteiger partial charge in [-0.15, -0.1) is 6.58 Å². The summed E-state index contributed by atoms with van der Waals surface area (Å²) >= 11 is 1.17. The van der Waals surface area contributed by atoms with Crippen molar-refractivity contribution in [3.63, 3.8) is 0 Å². The summed E-state index contributed by atoms with van der Waals surface area (Å²) < 4.78 is 4.90. The van der Waals surface area contributed by atoms with Gasteiger partial charge in [0.15, 0.2) is 5.16 Å². The molecule has 27 heavy (non-hydrogen) atoms. The molecule has 1 amide bonds. The summed E-state index contributed by atoms with van der Waals surface area (Å²) in [6, 6.07) is 9.35. The summed E-state index contributed by atoms with van der Waals surface area (Å²) in [4.78, 5) is 34.5. The second-order valence-electron chi connectivity index (χ2n) is 5.51. The van der Waals surface area contributed by atoms with Crippen LogP contribution in [0.3, 0.4) is 0 Å². The maximum Gasteiger partial charge on any atom is 0.343 e. The Morgan fingerprint density at radius 1 is 1.37 bits per heavy atom. The summed E-state index contributed by atoms with van der Waals surface area (Å²) in [6.07, 6.45) is 2.99. The van der Waals surface area contributed by atoms with Gasteiger partial charge in [0, 0.05) is 18.4 Å². The number of aromatic nitrogens is 2. The molecule has 0 saturated heterocycles. The highest BCUT2D eigenvalue weighted by Gasteiger charge is 2.24. The molecular weight excluding hydrogens is 364 g/mol. The smallest absolute Gasteiger partial charge is 0.343 e. The first-order chi connectivity index (χ1) is 13.0. The van der Waals surface area contributed by atoms with Crippen LogP contribution in [0.1, 0.15) is 24.2 Å². The predicted octanol–water partition coefficient (Wildman–Crippen LogP) is 2.94. The highest BCUT2D eigenvalue weighted by Crippen LogP contribution is 2.25. The molecule has 0 aliphatic carbocycles. The van der Waals surface area contributed by atoms with Crippen LogP contribution in [0.2, 0.25) is 0 Å².